The van der Waals surface area contributed by atoms with Gasteiger partial charge in [-0.3, -0.25) is 14.2 Å². The summed E-state index contributed by atoms with van der Waals surface area (Å²) >= 11 is 0. The number of allylic oxidation sites excluding steroid dienone is 1. The topological polar surface area (TPSA) is 181 Å². The zero-order chi connectivity index (χ0) is 22.0. The van der Waals surface area contributed by atoms with Gasteiger partial charge >= 0.3 is 27.6 Å². The van der Waals surface area contributed by atoms with Gasteiger partial charge in [0.2, 0.25) is 0 Å². The van der Waals surface area contributed by atoms with Crippen molar-refractivity contribution in [3.63, 3.8) is 0 Å². The number of hydrogen-bond acceptors (Lipinski definition) is 8. The lowest BCUT2D eigenvalue weighted by Gasteiger charge is -2.32. The average molecular weight is 456 g/mol. The maximum atomic E-state index is 12.3. The smallest absolute Gasteiger partial charge is 0.457 e. The lowest BCUT2D eigenvalue weighted by atomic mass is 9.95. The molecule has 0 saturated carbocycles. The molecular weight excluding hydrogens is 434 g/mol. The molecule has 13 nitrogen and oxygen atoms in total. The van der Waals surface area contributed by atoms with Crippen LogP contribution in [0.1, 0.15) is 20.3 Å². The molecule has 4 N–H and O–H groups in total. The average Bonchev–Trinajstić information content (AvgIpc) is 2.87. The molecule has 5 atom stereocenters. The summed E-state index contributed by atoms with van der Waals surface area (Å²) in [6.07, 6.45) is 0.267. The Morgan fingerprint density at radius 3 is 2.55 bits per heavy atom. The van der Waals surface area contributed by atoms with E-state index in [1.165, 1.54) is 19.2 Å². The van der Waals surface area contributed by atoms with E-state index in [1.807, 2.05) is 0 Å². The van der Waals surface area contributed by atoms with Crippen LogP contribution in [0, 0.1) is 5.92 Å². The first kappa shape index (κ1) is 23.7. The maximum Gasteiger partial charge on any atom is 0.481 e. The van der Waals surface area contributed by atoms with Gasteiger partial charge in [0.1, 0.15) is 0 Å². The van der Waals surface area contributed by atoms with Gasteiger partial charge in [-0.15, -0.1) is 0 Å². The monoisotopic (exact) mass is 456 g/mol. The quantitative estimate of drug-likeness (QED) is 0.301. The second kappa shape index (κ2) is 9.07. The molecule has 15 heteroatoms. The molecule has 0 spiro atoms. The van der Waals surface area contributed by atoms with Crippen LogP contribution in [0.2, 0.25) is 0 Å². The van der Waals surface area contributed by atoms with Gasteiger partial charge in [0, 0.05) is 24.7 Å². The molecule has 1 unspecified atom stereocenters. The van der Waals surface area contributed by atoms with E-state index in [9.17, 15) is 23.6 Å². The standard InChI is InChI=1S/C14H22N2O11P2/c1-4-10-11(7-24-29(22,23)27-28(19,20)21)26-13(12(10)25-9(3)17)16-6-5-8(2)15-14(16)18/h5-6,10-13H,2,4,7H2,1,3H3,(H,15,18)(H,22,23)(H2,19,20,21)/t10-,11-,12-,13-/m1/s1. The third-order valence-corrected chi connectivity index (χ3v) is 6.24. The van der Waals surface area contributed by atoms with Crippen LogP contribution in [0.3, 0.4) is 0 Å². The number of nitrogens with one attached hydrogen (secondary N) is 1. The first-order chi connectivity index (χ1) is 13.3. The lowest BCUT2D eigenvalue weighted by molar-refractivity contribution is -0.154. The molecular formula is C14H22N2O11P2. The summed E-state index contributed by atoms with van der Waals surface area (Å²) in [5.41, 5.74) is 0.344. The predicted molar refractivity (Wildman–Crippen MR) is 95.6 cm³/mol. The van der Waals surface area contributed by atoms with Crippen molar-refractivity contribution in [1.82, 2.24) is 10.2 Å². The molecule has 0 bridgehead atoms. The molecule has 0 radical (unpaired) electrons. The molecule has 0 aromatic carbocycles. The minimum Gasteiger partial charge on any atom is -0.457 e. The van der Waals surface area contributed by atoms with Crippen LogP contribution >= 0.6 is 15.6 Å². The van der Waals surface area contributed by atoms with Crippen molar-refractivity contribution in [3.8, 4) is 0 Å². The maximum absolute atomic E-state index is 12.3. The molecule has 1 saturated heterocycles. The third kappa shape index (κ3) is 6.46. The number of amides is 2. The highest BCUT2D eigenvalue weighted by Gasteiger charge is 2.50. The number of esters is 1. The zero-order valence-electron chi connectivity index (χ0n) is 15.5. The van der Waals surface area contributed by atoms with Crippen LogP contribution in [0.25, 0.3) is 0 Å². The number of ether oxygens (including phenoxy) is 2. The Kier molecular flexibility index (Phi) is 7.42. The summed E-state index contributed by atoms with van der Waals surface area (Å²) in [7, 11) is -10.4. The molecule has 0 aromatic rings. The van der Waals surface area contributed by atoms with Crippen LogP contribution < -0.4 is 5.32 Å². The number of urea groups is 1. The molecule has 29 heavy (non-hydrogen) atoms. The van der Waals surface area contributed by atoms with Crippen molar-refractivity contribution >= 4 is 27.6 Å². The molecule has 2 rings (SSSR count). The van der Waals surface area contributed by atoms with Gasteiger partial charge in [-0.25, -0.2) is 13.9 Å². The summed E-state index contributed by atoms with van der Waals surface area (Å²) in [5.74, 6) is -1.20. The van der Waals surface area contributed by atoms with Gasteiger partial charge in [0.15, 0.2) is 12.3 Å². The number of carbonyl (C=O) groups is 2. The summed E-state index contributed by atoms with van der Waals surface area (Å²) in [6.45, 7) is 5.89. The van der Waals surface area contributed by atoms with Crippen LogP contribution in [-0.2, 0) is 32.2 Å². The Hall–Kier alpha value is -1.56. The van der Waals surface area contributed by atoms with Crippen molar-refractivity contribution < 1.29 is 51.7 Å². The van der Waals surface area contributed by atoms with Crippen molar-refractivity contribution in [3.05, 3.63) is 24.6 Å². The van der Waals surface area contributed by atoms with Gasteiger partial charge in [0.05, 0.1) is 12.7 Å². The van der Waals surface area contributed by atoms with Gasteiger partial charge in [0.25, 0.3) is 0 Å². The van der Waals surface area contributed by atoms with E-state index >= 15 is 0 Å². The van der Waals surface area contributed by atoms with E-state index in [-0.39, 0.29) is 0 Å². The Bertz CT molecular complexity index is 794. The van der Waals surface area contributed by atoms with Gasteiger partial charge in [-0.2, -0.15) is 4.31 Å². The fourth-order valence-corrected chi connectivity index (χ4v) is 4.61. The first-order valence-corrected chi connectivity index (χ1v) is 11.4. The highest BCUT2D eigenvalue weighted by Crippen LogP contribution is 2.57. The Morgan fingerprint density at radius 1 is 1.38 bits per heavy atom. The molecule has 2 amide bonds. The summed E-state index contributed by atoms with van der Waals surface area (Å²) in [5, 5.41) is 2.47. The number of phosphoric ester groups is 1. The van der Waals surface area contributed by atoms with E-state index in [4.69, 9.17) is 19.3 Å². The Morgan fingerprint density at radius 2 is 2.03 bits per heavy atom. The highest BCUT2D eigenvalue weighted by atomic mass is 31.3. The van der Waals surface area contributed by atoms with Crippen LogP contribution in [0.5, 0.6) is 0 Å². The zero-order valence-corrected chi connectivity index (χ0v) is 17.3. The van der Waals surface area contributed by atoms with E-state index in [2.05, 4.69) is 20.7 Å². The molecule has 2 aliphatic rings. The number of nitrogens with zero attached hydrogens (tertiary/aromatic N) is 1. The van der Waals surface area contributed by atoms with Crippen LogP contribution in [0.4, 0.5) is 4.79 Å². The lowest BCUT2D eigenvalue weighted by Crippen LogP contribution is -2.50. The van der Waals surface area contributed by atoms with Crippen LogP contribution in [0.15, 0.2) is 24.6 Å². The molecule has 1 fully saturated rings. The van der Waals surface area contributed by atoms with Gasteiger partial charge in [-0.05, 0) is 12.5 Å². The summed E-state index contributed by atoms with van der Waals surface area (Å²) in [6, 6.07) is -0.589. The van der Waals surface area contributed by atoms with E-state index in [0.29, 0.717) is 12.1 Å². The fourth-order valence-electron chi connectivity index (χ4n) is 3.01. The normalized spacial score (nSPS) is 29.5. The molecule has 2 heterocycles. The van der Waals surface area contributed by atoms with Gasteiger partial charge < -0.3 is 29.5 Å². The largest absolute Gasteiger partial charge is 0.481 e. The number of rotatable bonds is 8. The minimum absolute atomic E-state index is 0.344. The molecule has 0 aliphatic carbocycles. The Labute approximate surface area is 166 Å². The summed E-state index contributed by atoms with van der Waals surface area (Å²) < 4.78 is 41.9. The van der Waals surface area contributed by atoms with Crippen molar-refractivity contribution in [2.75, 3.05) is 6.61 Å². The third-order valence-electron chi connectivity index (χ3n) is 4.09. The molecule has 0 aromatic heterocycles. The predicted octanol–water partition coefficient (Wildman–Crippen LogP) is 0.948. The van der Waals surface area contributed by atoms with Crippen molar-refractivity contribution in [1.29, 1.82) is 0 Å². The van der Waals surface area contributed by atoms with E-state index in [1.54, 1.807) is 6.92 Å². The Balaban J connectivity index is 2.21. The second-order valence-corrected chi connectivity index (χ2v) is 9.06. The summed E-state index contributed by atoms with van der Waals surface area (Å²) in [4.78, 5) is 51.7. The van der Waals surface area contributed by atoms with Crippen LogP contribution in [-0.4, -0.2) is 56.6 Å². The van der Waals surface area contributed by atoms with E-state index in [0.717, 1.165) is 4.90 Å². The minimum atomic E-state index is -5.28. The number of hydrogen-bond donors (Lipinski definition) is 4. The van der Waals surface area contributed by atoms with Gasteiger partial charge in [-0.1, -0.05) is 13.5 Å². The highest BCUT2D eigenvalue weighted by molar-refractivity contribution is 7.60. The first-order valence-electron chi connectivity index (χ1n) is 8.36. The SMILES string of the molecule is C=C1C=CN([C@@H]2O[C@H](COP(=O)(O)OP(=O)(O)O)[C@@H](CC)[C@H]2OC(C)=O)C(=O)N1. The number of carbonyl (C=O) groups excluding carboxylic acids is 2. The number of phosphoric acid groups is 2. The van der Waals surface area contributed by atoms with Crippen molar-refractivity contribution in [2.24, 2.45) is 5.92 Å². The molecule has 164 valence electrons. The fraction of sp³-hybridized carbons (Fsp3) is 0.571. The van der Waals surface area contributed by atoms with Crippen molar-refractivity contribution in [2.45, 2.75) is 38.7 Å². The van der Waals surface area contributed by atoms with E-state index < -0.39 is 58.6 Å². The molecule has 2 aliphatic heterocycles. The second-order valence-electron chi connectivity index (χ2n) is 6.23.